The van der Waals surface area contributed by atoms with E-state index in [4.69, 9.17) is 5.11 Å². The van der Waals surface area contributed by atoms with E-state index >= 15 is 0 Å². The molecular formula is C14H11NO3. The van der Waals surface area contributed by atoms with Crippen LogP contribution in [0.4, 0.5) is 0 Å². The highest BCUT2D eigenvalue weighted by atomic mass is 16.4. The number of benzene rings is 1. The van der Waals surface area contributed by atoms with Crippen LogP contribution in [0, 0.1) is 0 Å². The molecule has 0 amide bonds. The van der Waals surface area contributed by atoms with Gasteiger partial charge in [0.05, 0.1) is 5.52 Å². The molecule has 0 aliphatic carbocycles. The minimum absolute atomic E-state index is 0.120. The fraction of sp³-hybridized carbons (Fsp3) is 0.143. The predicted molar refractivity (Wildman–Crippen MR) is 68.6 cm³/mol. The van der Waals surface area contributed by atoms with Gasteiger partial charge in [-0.15, -0.1) is 0 Å². The lowest BCUT2D eigenvalue weighted by molar-refractivity contribution is -0.131. The summed E-state index contributed by atoms with van der Waals surface area (Å²) >= 11 is 0. The van der Waals surface area contributed by atoms with Crippen LogP contribution in [0.5, 0.6) is 0 Å². The van der Waals surface area contributed by atoms with Gasteiger partial charge in [0.1, 0.15) is 0 Å². The summed E-state index contributed by atoms with van der Waals surface area (Å²) < 4.78 is 1.73. The molecule has 1 aliphatic rings. The highest BCUT2D eigenvalue weighted by Crippen LogP contribution is 2.24. The van der Waals surface area contributed by atoms with Crippen molar-refractivity contribution in [3.63, 3.8) is 0 Å². The van der Waals surface area contributed by atoms with E-state index in [9.17, 15) is 9.59 Å². The maximum atomic E-state index is 12.2. The molecular weight excluding hydrogens is 230 g/mol. The molecule has 0 radical (unpaired) electrons. The van der Waals surface area contributed by atoms with Gasteiger partial charge >= 0.3 is 5.97 Å². The van der Waals surface area contributed by atoms with E-state index in [2.05, 4.69) is 0 Å². The lowest BCUT2D eigenvalue weighted by Crippen LogP contribution is -2.20. The first-order valence-electron chi connectivity index (χ1n) is 5.73. The van der Waals surface area contributed by atoms with Gasteiger partial charge in [-0.1, -0.05) is 18.2 Å². The van der Waals surface area contributed by atoms with Crippen LogP contribution in [0.25, 0.3) is 17.0 Å². The summed E-state index contributed by atoms with van der Waals surface area (Å²) in [7, 11) is 0. The van der Waals surface area contributed by atoms with Crippen molar-refractivity contribution in [2.75, 3.05) is 0 Å². The number of carboxylic acids is 1. The standard InChI is InChI=1S/C14H11NO3/c16-12(17)5-4-11-8-10-3-1-2-9-6-7-15(13(9)10)14(11)18/h1-5,8H,6-7H2,(H,16,17)/b5-4-. The summed E-state index contributed by atoms with van der Waals surface area (Å²) in [5.74, 6) is -1.05. The van der Waals surface area contributed by atoms with Crippen molar-refractivity contribution < 1.29 is 9.90 Å². The summed E-state index contributed by atoms with van der Waals surface area (Å²) in [6, 6.07) is 7.68. The minimum Gasteiger partial charge on any atom is -0.478 e. The summed E-state index contributed by atoms with van der Waals surface area (Å²) in [6.07, 6.45) is 3.21. The number of carboxylic acid groups (broad SMARTS) is 1. The average molecular weight is 241 g/mol. The molecule has 0 spiro atoms. The van der Waals surface area contributed by atoms with Gasteiger partial charge in [0, 0.05) is 18.2 Å². The molecule has 1 aromatic carbocycles. The summed E-state index contributed by atoms with van der Waals surface area (Å²) in [4.78, 5) is 22.7. The second-order valence-corrected chi connectivity index (χ2v) is 4.33. The molecule has 0 fully saturated rings. The van der Waals surface area contributed by atoms with E-state index in [0.29, 0.717) is 12.1 Å². The number of nitrogens with zero attached hydrogens (tertiary/aromatic N) is 1. The lowest BCUT2D eigenvalue weighted by Gasteiger charge is -2.05. The second-order valence-electron chi connectivity index (χ2n) is 4.33. The molecule has 90 valence electrons. The number of aryl methyl sites for hydroxylation is 2. The zero-order chi connectivity index (χ0) is 12.7. The number of para-hydroxylation sites is 1. The first-order valence-corrected chi connectivity index (χ1v) is 5.73. The van der Waals surface area contributed by atoms with Gasteiger partial charge in [-0.3, -0.25) is 4.79 Å². The Morgan fingerprint density at radius 2 is 2.22 bits per heavy atom. The topological polar surface area (TPSA) is 59.3 Å². The first-order chi connectivity index (χ1) is 8.66. The van der Waals surface area contributed by atoms with E-state index < -0.39 is 5.97 Å². The Kier molecular flexibility index (Phi) is 2.30. The first kappa shape index (κ1) is 10.8. The smallest absolute Gasteiger partial charge is 0.328 e. The Morgan fingerprint density at radius 1 is 1.39 bits per heavy atom. The molecule has 0 unspecified atom stereocenters. The van der Waals surface area contributed by atoms with Gasteiger partial charge in [-0.2, -0.15) is 0 Å². The quantitative estimate of drug-likeness (QED) is 0.813. The molecule has 4 heteroatoms. The minimum atomic E-state index is -1.05. The second kappa shape index (κ2) is 3.84. The summed E-state index contributed by atoms with van der Waals surface area (Å²) in [5.41, 5.74) is 2.46. The molecule has 1 aromatic heterocycles. The van der Waals surface area contributed by atoms with Gasteiger partial charge in [-0.05, 0) is 29.5 Å². The molecule has 3 rings (SSSR count). The van der Waals surface area contributed by atoms with Gasteiger partial charge in [0.25, 0.3) is 5.56 Å². The van der Waals surface area contributed by atoms with Crippen molar-refractivity contribution in [3.8, 4) is 0 Å². The molecule has 0 atom stereocenters. The molecule has 18 heavy (non-hydrogen) atoms. The van der Waals surface area contributed by atoms with Crippen molar-refractivity contribution in [3.05, 3.63) is 51.8 Å². The predicted octanol–water partition coefficient (Wildman–Crippen LogP) is 1.66. The number of aromatic nitrogens is 1. The monoisotopic (exact) mass is 241 g/mol. The number of aliphatic carboxylic acids is 1. The van der Waals surface area contributed by atoms with Crippen LogP contribution >= 0.6 is 0 Å². The highest BCUT2D eigenvalue weighted by Gasteiger charge is 2.16. The number of pyridine rings is 1. The number of carbonyl (C=O) groups is 1. The Bertz CT molecular complexity index is 741. The van der Waals surface area contributed by atoms with Crippen molar-refractivity contribution in [2.45, 2.75) is 13.0 Å². The number of hydrogen-bond donors (Lipinski definition) is 1. The summed E-state index contributed by atoms with van der Waals surface area (Å²) in [6.45, 7) is 0.670. The molecule has 1 N–H and O–H groups in total. The maximum Gasteiger partial charge on any atom is 0.328 e. The van der Waals surface area contributed by atoms with Crippen LogP contribution in [0.3, 0.4) is 0 Å². The van der Waals surface area contributed by atoms with Crippen LogP contribution in [-0.4, -0.2) is 15.6 Å². The van der Waals surface area contributed by atoms with Crippen molar-refractivity contribution in [2.24, 2.45) is 0 Å². The van der Waals surface area contributed by atoms with Crippen LogP contribution < -0.4 is 5.56 Å². The molecule has 0 saturated carbocycles. The zero-order valence-electron chi connectivity index (χ0n) is 9.59. The number of hydrogen-bond acceptors (Lipinski definition) is 2. The van der Waals surface area contributed by atoms with Crippen molar-refractivity contribution >= 4 is 22.9 Å². The third-order valence-electron chi connectivity index (χ3n) is 3.23. The normalized spacial score (nSPS) is 13.6. The zero-order valence-corrected chi connectivity index (χ0v) is 9.59. The highest BCUT2D eigenvalue weighted by molar-refractivity contribution is 5.88. The SMILES string of the molecule is O=C(O)/C=C\c1cc2cccc3c2n(c1=O)CC3. The van der Waals surface area contributed by atoms with E-state index in [1.165, 1.54) is 11.6 Å². The average Bonchev–Trinajstić information content (AvgIpc) is 2.77. The molecule has 1 aliphatic heterocycles. The molecule has 2 heterocycles. The largest absolute Gasteiger partial charge is 0.478 e. The molecule has 0 saturated heterocycles. The van der Waals surface area contributed by atoms with E-state index in [1.807, 2.05) is 18.2 Å². The fourth-order valence-corrected chi connectivity index (χ4v) is 2.47. The van der Waals surface area contributed by atoms with Crippen molar-refractivity contribution in [1.82, 2.24) is 4.57 Å². The Labute approximate surface area is 103 Å². The van der Waals surface area contributed by atoms with Crippen LogP contribution in [-0.2, 0) is 17.8 Å². The van der Waals surface area contributed by atoms with E-state index in [1.54, 1.807) is 10.6 Å². The number of rotatable bonds is 2. The summed E-state index contributed by atoms with van der Waals surface area (Å²) in [5, 5.41) is 9.60. The molecule has 0 bridgehead atoms. The van der Waals surface area contributed by atoms with E-state index in [-0.39, 0.29) is 5.56 Å². The maximum absolute atomic E-state index is 12.2. The lowest BCUT2D eigenvalue weighted by atomic mass is 10.1. The Morgan fingerprint density at radius 3 is 3.00 bits per heavy atom. The van der Waals surface area contributed by atoms with Gasteiger partial charge in [-0.25, -0.2) is 4.79 Å². The van der Waals surface area contributed by atoms with Crippen LogP contribution in [0.15, 0.2) is 35.1 Å². The Balaban J connectivity index is 2.30. The van der Waals surface area contributed by atoms with Gasteiger partial charge in [0.15, 0.2) is 0 Å². The van der Waals surface area contributed by atoms with Gasteiger partial charge < -0.3 is 9.67 Å². The fourth-order valence-electron chi connectivity index (χ4n) is 2.47. The van der Waals surface area contributed by atoms with Crippen LogP contribution in [0.2, 0.25) is 0 Å². The van der Waals surface area contributed by atoms with Gasteiger partial charge in [0.2, 0.25) is 0 Å². The van der Waals surface area contributed by atoms with E-state index in [0.717, 1.165) is 23.4 Å². The third-order valence-corrected chi connectivity index (χ3v) is 3.23. The van der Waals surface area contributed by atoms with Crippen molar-refractivity contribution in [1.29, 1.82) is 0 Å². The third kappa shape index (κ3) is 1.54. The molecule has 2 aromatic rings. The van der Waals surface area contributed by atoms with Crippen LogP contribution in [0.1, 0.15) is 11.1 Å². The Hall–Kier alpha value is -2.36. The molecule has 4 nitrogen and oxygen atoms in total.